The zero-order valence-electron chi connectivity index (χ0n) is 11.0. The van der Waals surface area contributed by atoms with Crippen molar-refractivity contribution >= 4 is 22.9 Å². The number of hydrogen-bond acceptors (Lipinski definition) is 2. The van der Waals surface area contributed by atoms with E-state index in [4.69, 9.17) is 18.0 Å². The van der Waals surface area contributed by atoms with Crippen LogP contribution in [-0.4, -0.2) is 11.5 Å². The Labute approximate surface area is 123 Å². The van der Waals surface area contributed by atoms with Gasteiger partial charge in [0.2, 0.25) is 0 Å². The fraction of sp³-hybridized carbons (Fsp3) is 0.188. The van der Waals surface area contributed by atoms with Crippen molar-refractivity contribution < 1.29 is 4.39 Å². The first kappa shape index (κ1) is 13.1. The van der Waals surface area contributed by atoms with Gasteiger partial charge in [0.25, 0.3) is 0 Å². The van der Waals surface area contributed by atoms with Crippen LogP contribution in [0.15, 0.2) is 42.5 Å². The lowest BCUT2D eigenvalue weighted by Crippen LogP contribution is -2.32. The van der Waals surface area contributed by atoms with Crippen molar-refractivity contribution in [2.24, 2.45) is 5.73 Å². The Kier molecular flexibility index (Phi) is 3.40. The summed E-state index contributed by atoms with van der Waals surface area (Å²) in [6, 6.07) is 13.0. The molecular weight excluding hydrogens is 271 g/mol. The van der Waals surface area contributed by atoms with E-state index in [1.165, 1.54) is 23.3 Å². The summed E-state index contributed by atoms with van der Waals surface area (Å²) in [5, 5.41) is 0. The van der Waals surface area contributed by atoms with Crippen molar-refractivity contribution in [3.8, 4) is 0 Å². The summed E-state index contributed by atoms with van der Waals surface area (Å²) in [7, 11) is 0. The van der Waals surface area contributed by atoms with Crippen molar-refractivity contribution in [3.63, 3.8) is 0 Å². The second-order valence-corrected chi connectivity index (χ2v) is 5.41. The molecule has 0 saturated heterocycles. The van der Waals surface area contributed by atoms with Gasteiger partial charge in [-0.15, -0.1) is 0 Å². The van der Waals surface area contributed by atoms with Crippen LogP contribution >= 0.6 is 12.2 Å². The highest BCUT2D eigenvalue weighted by molar-refractivity contribution is 7.80. The van der Waals surface area contributed by atoms with Crippen molar-refractivity contribution in [2.45, 2.75) is 13.0 Å². The molecule has 0 bridgehead atoms. The molecule has 0 aromatic heterocycles. The molecule has 0 radical (unpaired) electrons. The van der Waals surface area contributed by atoms with Crippen molar-refractivity contribution in [1.82, 2.24) is 0 Å². The maximum Gasteiger partial charge on any atom is 0.124 e. The van der Waals surface area contributed by atoms with Gasteiger partial charge in [-0.05, 0) is 35.7 Å². The molecule has 1 heterocycles. The quantitative estimate of drug-likeness (QED) is 0.861. The molecule has 0 atom stereocenters. The molecule has 1 aliphatic rings. The first-order valence-corrected chi connectivity index (χ1v) is 6.97. The van der Waals surface area contributed by atoms with Gasteiger partial charge in [-0.25, -0.2) is 4.39 Å². The fourth-order valence-corrected chi connectivity index (χ4v) is 2.85. The van der Waals surface area contributed by atoms with Crippen LogP contribution in [0.5, 0.6) is 0 Å². The van der Waals surface area contributed by atoms with E-state index in [2.05, 4.69) is 23.1 Å². The van der Waals surface area contributed by atoms with Crippen molar-refractivity contribution in [2.75, 3.05) is 11.4 Å². The highest BCUT2D eigenvalue weighted by Crippen LogP contribution is 2.27. The predicted octanol–water partition coefficient (Wildman–Crippen LogP) is 3.02. The first-order chi connectivity index (χ1) is 9.65. The van der Waals surface area contributed by atoms with Gasteiger partial charge in [0.1, 0.15) is 10.8 Å². The molecule has 0 amide bonds. The number of rotatable bonds is 2. The zero-order valence-corrected chi connectivity index (χ0v) is 11.8. The topological polar surface area (TPSA) is 29.3 Å². The maximum absolute atomic E-state index is 13.4. The van der Waals surface area contributed by atoms with Crippen molar-refractivity contribution in [1.29, 1.82) is 0 Å². The normalized spacial score (nSPS) is 13.9. The van der Waals surface area contributed by atoms with Crippen LogP contribution in [0.4, 0.5) is 10.1 Å². The lowest BCUT2D eigenvalue weighted by atomic mass is 9.98. The van der Waals surface area contributed by atoms with Gasteiger partial charge in [0.05, 0.1) is 0 Å². The number of anilines is 1. The summed E-state index contributed by atoms with van der Waals surface area (Å²) in [4.78, 5) is 2.44. The predicted molar refractivity (Wildman–Crippen MR) is 83.5 cm³/mol. The third-order valence-electron chi connectivity index (χ3n) is 3.70. The minimum Gasteiger partial charge on any atom is -0.389 e. The van der Waals surface area contributed by atoms with Crippen LogP contribution in [0.3, 0.4) is 0 Å². The summed E-state index contributed by atoms with van der Waals surface area (Å²) in [5.41, 5.74) is 9.92. The molecular formula is C16H15FN2S. The Morgan fingerprint density at radius 1 is 1.15 bits per heavy atom. The van der Waals surface area contributed by atoms with E-state index in [0.29, 0.717) is 5.56 Å². The smallest absolute Gasteiger partial charge is 0.124 e. The second kappa shape index (κ2) is 5.21. The van der Waals surface area contributed by atoms with Gasteiger partial charge in [-0.2, -0.15) is 0 Å². The van der Waals surface area contributed by atoms with Gasteiger partial charge in [-0.1, -0.05) is 36.5 Å². The number of fused-ring (bicyclic) bond motifs is 1. The van der Waals surface area contributed by atoms with E-state index in [-0.39, 0.29) is 10.8 Å². The monoisotopic (exact) mass is 286 g/mol. The van der Waals surface area contributed by atoms with E-state index in [9.17, 15) is 4.39 Å². The van der Waals surface area contributed by atoms with E-state index in [1.54, 1.807) is 6.07 Å². The average molecular weight is 286 g/mol. The summed E-state index contributed by atoms with van der Waals surface area (Å²) >= 11 is 5.04. The van der Waals surface area contributed by atoms with E-state index < -0.39 is 0 Å². The summed E-state index contributed by atoms with van der Waals surface area (Å²) < 4.78 is 13.4. The highest BCUT2D eigenvalue weighted by Gasteiger charge is 2.19. The zero-order chi connectivity index (χ0) is 14.1. The summed E-state index contributed by atoms with van der Waals surface area (Å²) in [6.45, 7) is 1.69. The molecule has 0 spiro atoms. The Morgan fingerprint density at radius 2 is 1.90 bits per heavy atom. The second-order valence-electron chi connectivity index (χ2n) is 4.97. The molecule has 2 N–H and O–H groups in total. The van der Waals surface area contributed by atoms with E-state index in [0.717, 1.165) is 25.2 Å². The van der Waals surface area contributed by atoms with Crippen LogP contribution < -0.4 is 10.6 Å². The molecule has 2 aromatic carbocycles. The van der Waals surface area contributed by atoms with Crippen LogP contribution in [0.2, 0.25) is 0 Å². The molecule has 0 aliphatic carbocycles. The first-order valence-electron chi connectivity index (χ1n) is 6.56. The standard InChI is InChI=1S/C16H15FN2S/c17-13-5-6-15(14(9-13)16(18)20)19-8-7-11-3-1-2-4-12(11)10-19/h1-6,9H,7-8,10H2,(H2,18,20). The third kappa shape index (κ3) is 2.39. The molecule has 0 saturated carbocycles. The molecule has 3 rings (SSSR count). The highest BCUT2D eigenvalue weighted by atomic mass is 32.1. The Morgan fingerprint density at radius 3 is 2.65 bits per heavy atom. The van der Waals surface area contributed by atoms with Gasteiger partial charge in [0.15, 0.2) is 0 Å². The number of hydrogen-bond donors (Lipinski definition) is 1. The molecule has 102 valence electrons. The van der Waals surface area contributed by atoms with Crippen LogP contribution in [0.25, 0.3) is 0 Å². The van der Waals surface area contributed by atoms with E-state index >= 15 is 0 Å². The van der Waals surface area contributed by atoms with Crippen LogP contribution in [0.1, 0.15) is 16.7 Å². The summed E-state index contributed by atoms with van der Waals surface area (Å²) in [5.74, 6) is -0.311. The molecule has 1 aliphatic heterocycles. The number of nitrogens with zero attached hydrogens (tertiary/aromatic N) is 1. The maximum atomic E-state index is 13.4. The minimum absolute atomic E-state index is 0.235. The molecule has 2 aromatic rings. The van der Waals surface area contributed by atoms with Crippen LogP contribution in [0, 0.1) is 5.82 Å². The Hall–Kier alpha value is -1.94. The number of nitrogens with two attached hydrogens (primary N) is 1. The number of thiocarbonyl (C=S) groups is 1. The molecule has 20 heavy (non-hydrogen) atoms. The molecule has 0 fully saturated rings. The third-order valence-corrected chi connectivity index (χ3v) is 3.92. The Bertz CT molecular complexity index is 669. The van der Waals surface area contributed by atoms with Crippen molar-refractivity contribution in [3.05, 3.63) is 65.0 Å². The number of halogens is 1. The minimum atomic E-state index is -0.311. The largest absolute Gasteiger partial charge is 0.389 e. The number of benzene rings is 2. The lowest BCUT2D eigenvalue weighted by Gasteiger charge is -2.32. The molecule has 4 heteroatoms. The van der Waals surface area contributed by atoms with Gasteiger partial charge in [0, 0.05) is 24.3 Å². The lowest BCUT2D eigenvalue weighted by molar-refractivity contribution is 0.626. The molecule has 0 unspecified atom stereocenters. The average Bonchev–Trinajstić information content (AvgIpc) is 2.46. The van der Waals surface area contributed by atoms with Gasteiger partial charge in [-0.3, -0.25) is 0 Å². The van der Waals surface area contributed by atoms with Gasteiger partial charge >= 0.3 is 0 Å². The van der Waals surface area contributed by atoms with Gasteiger partial charge < -0.3 is 10.6 Å². The van der Waals surface area contributed by atoms with Crippen LogP contribution in [-0.2, 0) is 13.0 Å². The molecule has 2 nitrogen and oxygen atoms in total. The Balaban J connectivity index is 1.97. The summed E-state index contributed by atoms with van der Waals surface area (Å²) in [6.07, 6.45) is 0.977. The fourth-order valence-electron chi connectivity index (χ4n) is 2.68. The SMILES string of the molecule is NC(=S)c1cc(F)ccc1N1CCc2ccccc2C1. The van der Waals surface area contributed by atoms with E-state index in [1.807, 2.05) is 6.07 Å².